The highest BCUT2D eigenvalue weighted by molar-refractivity contribution is 6.32. The summed E-state index contributed by atoms with van der Waals surface area (Å²) in [4.78, 5) is 4.66. The fraction of sp³-hybridized carbons (Fsp3) is 0.857. The minimum atomic E-state index is 0.119. The minimum absolute atomic E-state index is 0.119. The molecule has 0 aromatic heterocycles. The lowest BCUT2D eigenvalue weighted by Gasteiger charge is -2.16. The summed E-state index contributed by atoms with van der Waals surface area (Å²) < 4.78 is 0. The third-order valence-corrected chi connectivity index (χ3v) is 2.18. The number of hydrogen-bond donors (Lipinski definition) is 0. The van der Waals surface area contributed by atoms with Crippen molar-refractivity contribution in [3.63, 3.8) is 0 Å². The number of rotatable bonds is 1. The summed E-state index contributed by atoms with van der Waals surface area (Å²) in [6, 6.07) is 0. The molecule has 1 aliphatic rings. The number of halogens is 1. The predicted octanol–water partition coefficient (Wildman–Crippen LogP) is 2.17. The average Bonchev–Trinajstić information content (AvgIpc) is 1.94. The van der Waals surface area contributed by atoms with Crippen LogP contribution >= 0.6 is 11.6 Å². The van der Waals surface area contributed by atoms with Gasteiger partial charge in [-0.05, 0) is 19.3 Å². The Labute approximate surface area is 66.2 Å². The van der Waals surface area contributed by atoms with Crippen molar-refractivity contribution in [1.29, 1.82) is 0 Å². The molecule has 1 rings (SSSR count). The second-order valence-electron chi connectivity index (χ2n) is 2.48. The van der Waals surface area contributed by atoms with Crippen molar-refractivity contribution < 1.29 is 4.84 Å². The predicted molar refractivity (Wildman–Crippen MR) is 42.6 cm³/mol. The van der Waals surface area contributed by atoms with E-state index in [1.165, 1.54) is 12.8 Å². The fourth-order valence-electron chi connectivity index (χ4n) is 1.17. The number of hydrogen-bond acceptors (Lipinski definition) is 2. The van der Waals surface area contributed by atoms with E-state index in [1.807, 2.05) is 0 Å². The lowest BCUT2D eigenvalue weighted by molar-refractivity contribution is 0.211. The molecule has 1 saturated carbocycles. The largest absolute Gasteiger partial charge is 0.399 e. The number of oxime groups is 1. The van der Waals surface area contributed by atoms with E-state index < -0.39 is 0 Å². The monoisotopic (exact) mass is 161 g/mol. The van der Waals surface area contributed by atoms with E-state index in [-0.39, 0.29) is 5.38 Å². The molecular formula is C7H12ClNO. The first-order valence-corrected chi connectivity index (χ1v) is 4.02. The topological polar surface area (TPSA) is 21.6 Å². The van der Waals surface area contributed by atoms with Crippen LogP contribution in [0.5, 0.6) is 0 Å². The summed E-state index contributed by atoms with van der Waals surface area (Å²) in [5.74, 6) is 0. The Hall–Kier alpha value is -0.240. The Kier molecular flexibility index (Phi) is 3.00. The molecule has 1 aliphatic carbocycles. The van der Waals surface area contributed by atoms with Crippen molar-refractivity contribution in [2.75, 3.05) is 7.11 Å². The van der Waals surface area contributed by atoms with Crippen LogP contribution in [0, 0.1) is 0 Å². The van der Waals surface area contributed by atoms with Crippen LogP contribution in [0.3, 0.4) is 0 Å². The van der Waals surface area contributed by atoms with Gasteiger partial charge in [0.05, 0.1) is 11.1 Å². The van der Waals surface area contributed by atoms with Crippen LogP contribution in [0.25, 0.3) is 0 Å². The van der Waals surface area contributed by atoms with Gasteiger partial charge in [-0.15, -0.1) is 11.6 Å². The van der Waals surface area contributed by atoms with Crippen molar-refractivity contribution in [3.8, 4) is 0 Å². The zero-order valence-electron chi connectivity index (χ0n) is 6.14. The number of nitrogens with zero attached hydrogens (tertiary/aromatic N) is 1. The maximum absolute atomic E-state index is 5.95. The smallest absolute Gasteiger partial charge is 0.106 e. The van der Waals surface area contributed by atoms with Gasteiger partial charge < -0.3 is 4.84 Å². The van der Waals surface area contributed by atoms with E-state index in [0.717, 1.165) is 18.6 Å². The maximum atomic E-state index is 5.95. The van der Waals surface area contributed by atoms with Crippen LogP contribution in [0.4, 0.5) is 0 Å². The van der Waals surface area contributed by atoms with Gasteiger partial charge in [-0.1, -0.05) is 11.6 Å². The summed E-state index contributed by atoms with van der Waals surface area (Å²) in [6.45, 7) is 0. The molecule has 1 atom stereocenters. The standard InChI is InChI=1S/C7H12ClNO/c1-10-9-7-5-3-2-4-6(7)8/h6H,2-5H2,1H3. The maximum Gasteiger partial charge on any atom is 0.106 e. The van der Waals surface area contributed by atoms with Gasteiger partial charge in [0, 0.05) is 0 Å². The molecular weight excluding hydrogens is 150 g/mol. The quantitative estimate of drug-likeness (QED) is 0.427. The van der Waals surface area contributed by atoms with Crippen LogP contribution in [-0.2, 0) is 4.84 Å². The summed E-state index contributed by atoms with van der Waals surface area (Å²) in [6.07, 6.45) is 4.47. The first kappa shape index (κ1) is 7.86. The molecule has 0 heterocycles. The van der Waals surface area contributed by atoms with E-state index >= 15 is 0 Å². The summed E-state index contributed by atoms with van der Waals surface area (Å²) in [5.41, 5.74) is 1.01. The molecule has 58 valence electrons. The molecule has 0 radical (unpaired) electrons. The molecule has 0 amide bonds. The third kappa shape index (κ3) is 1.87. The lowest BCUT2D eigenvalue weighted by atomic mass is 9.98. The van der Waals surface area contributed by atoms with Crippen molar-refractivity contribution in [3.05, 3.63) is 0 Å². The van der Waals surface area contributed by atoms with Crippen LogP contribution < -0.4 is 0 Å². The van der Waals surface area contributed by atoms with Crippen LogP contribution in [0.1, 0.15) is 25.7 Å². The van der Waals surface area contributed by atoms with Crippen molar-refractivity contribution >= 4 is 17.3 Å². The Bertz CT molecular complexity index is 136. The summed E-state index contributed by atoms with van der Waals surface area (Å²) in [7, 11) is 1.56. The zero-order valence-corrected chi connectivity index (χ0v) is 6.90. The van der Waals surface area contributed by atoms with E-state index in [4.69, 9.17) is 11.6 Å². The molecule has 2 nitrogen and oxygen atoms in total. The normalized spacial score (nSPS) is 30.6. The highest BCUT2D eigenvalue weighted by Crippen LogP contribution is 2.20. The van der Waals surface area contributed by atoms with Crippen LogP contribution in [-0.4, -0.2) is 18.2 Å². The van der Waals surface area contributed by atoms with Gasteiger partial charge in [-0.2, -0.15) is 0 Å². The molecule has 0 aliphatic heterocycles. The molecule has 1 fully saturated rings. The van der Waals surface area contributed by atoms with E-state index in [9.17, 15) is 0 Å². The first-order chi connectivity index (χ1) is 4.84. The van der Waals surface area contributed by atoms with Gasteiger partial charge in [0.15, 0.2) is 0 Å². The average molecular weight is 162 g/mol. The summed E-state index contributed by atoms with van der Waals surface area (Å²) >= 11 is 5.95. The molecule has 0 aromatic carbocycles. The Balaban J connectivity index is 2.47. The molecule has 0 bridgehead atoms. The molecule has 0 aromatic rings. The molecule has 1 unspecified atom stereocenters. The van der Waals surface area contributed by atoms with E-state index in [1.54, 1.807) is 7.11 Å². The Morgan fingerprint density at radius 1 is 1.60 bits per heavy atom. The second kappa shape index (κ2) is 3.81. The van der Waals surface area contributed by atoms with Gasteiger partial charge in [-0.3, -0.25) is 0 Å². The van der Waals surface area contributed by atoms with Gasteiger partial charge in [0.1, 0.15) is 7.11 Å². The third-order valence-electron chi connectivity index (χ3n) is 1.71. The van der Waals surface area contributed by atoms with Crippen LogP contribution in [0.2, 0.25) is 0 Å². The molecule has 0 spiro atoms. The van der Waals surface area contributed by atoms with Crippen molar-refractivity contribution in [2.45, 2.75) is 31.1 Å². The van der Waals surface area contributed by atoms with Crippen molar-refractivity contribution in [2.24, 2.45) is 5.16 Å². The highest BCUT2D eigenvalue weighted by Gasteiger charge is 2.17. The fourth-order valence-corrected chi connectivity index (χ4v) is 1.48. The van der Waals surface area contributed by atoms with Gasteiger partial charge in [0.25, 0.3) is 0 Å². The zero-order chi connectivity index (χ0) is 7.40. The SMILES string of the molecule is CON=C1CCCCC1Cl. The van der Waals surface area contributed by atoms with Gasteiger partial charge >= 0.3 is 0 Å². The molecule has 0 saturated heterocycles. The van der Waals surface area contributed by atoms with Gasteiger partial charge in [0.2, 0.25) is 0 Å². The van der Waals surface area contributed by atoms with Crippen LogP contribution in [0.15, 0.2) is 5.16 Å². The highest BCUT2D eigenvalue weighted by atomic mass is 35.5. The molecule has 10 heavy (non-hydrogen) atoms. The van der Waals surface area contributed by atoms with Crippen molar-refractivity contribution in [1.82, 2.24) is 0 Å². The summed E-state index contributed by atoms with van der Waals surface area (Å²) in [5, 5.41) is 3.97. The van der Waals surface area contributed by atoms with Gasteiger partial charge in [-0.25, -0.2) is 0 Å². The lowest BCUT2D eigenvalue weighted by Crippen LogP contribution is -2.19. The van der Waals surface area contributed by atoms with E-state index in [0.29, 0.717) is 0 Å². The Morgan fingerprint density at radius 3 is 3.00 bits per heavy atom. The first-order valence-electron chi connectivity index (χ1n) is 3.58. The molecule has 0 N–H and O–H groups in total. The number of alkyl halides is 1. The van der Waals surface area contributed by atoms with E-state index in [2.05, 4.69) is 9.99 Å². The second-order valence-corrected chi connectivity index (χ2v) is 3.01. The Morgan fingerprint density at radius 2 is 2.40 bits per heavy atom. The molecule has 3 heteroatoms. The minimum Gasteiger partial charge on any atom is -0.399 e.